The molecule has 1 aliphatic carbocycles. The van der Waals surface area contributed by atoms with E-state index < -0.39 is 11.4 Å². The molecule has 2 rings (SSSR count). The van der Waals surface area contributed by atoms with E-state index in [-0.39, 0.29) is 10.6 Å². The number of carboxylic acids is 1. The lowest BCUT2D eigenvalue weighted by Gasteiger charge is -2.12. The van der Waals surface area contributed by atoms with Crippen molar-refractivity contribution in [1.82, 2.24) is 4.98 Å². The Bertz CT molecular complexity index is 475. The maximum Gasteiger partial charge on any atom is 0.314 e. The lowest BCUT2D eigenvalue weighted by Crippen LogP contribution is -2.21. The summed E-state index contributed by atoms with van der Waals surface area (Å²) in [5, 5.41) is 18.2. The summed E-state index contributed by atoms with van der Waals surface area (Å²) in [6.07, 6.45) is 3.78. The van der Waals surface area contributed by atoms with Gasteiger partial charge in [-0.3, -0.25) is 9.78 Å². The second kappa shape index (κ2) is 3.21. The Morgan fingerprint density at radius 2 is 2.27 bits per heavy atom. The van der Waals surface area contributed by atoms with Crippen molar-refractivity contribution in [1.29, 1.82) is 5.26 Å². The molecule has 1 fully saturated rings. The van der Waals surface area contributed by atoms with Gasteiger partial charge in [0.05, 0.1) is 16.0 Å². The Morgan fingerprint density at radius 1 is 1.60 bits per heavy atom. The number of aliphatic carboxylic acids is 1. The maximum atomic E-state index is 11.1. The Labute approximate surface area is 91.1 Å². The van der Waals surface area contributed by atoms with Crippen molar-refractivity contribution in [2.75, 3.05) is 0 Å². The molecule has 1 aliphatic rings. The fourth-order valence-corrected chi connectivity index (χ4v) is 2.04. The Morgan fingerprint density at radius 3 is 2.73 bits per heavy atom. The van der Waals surface area contributed by atoms with Crippen LogP contribution in [0, 0.1) is 11.3 Å². The average Bonchev–Trinajstić information content (AvgIpc) is 2.98. The number of nitrogens with zero attached hydrogens (tertiary/aromatic N) is 2. The third-order valence-electron chi connectivity index (χ3n) is 2.66. The van der Waals surface area contributed by atoms with E-state index >= 15 is 0 Å². The number of nitriles is 1. The summed E-state index contributed by atoms with van der Waals surface area (Å²) in [7, 11) is 0. The molecule has 4 nitrogen and oxygen atoms in total. The molecule has 5 heteroatoms. The second-order valence-corrected chi connectivity index (χ2v) is 3.95. The number of halogens is 1. The van der Waals surface area contributed by atoms with E-state index in [0.29, 0.717) is 18.4 Å². The summed E-state index contributed by atoms with van der Waals surface area (Å²) in [6.45, 7) is 0. The smallest absolute Gasteiger partial charge is 0.314 e. The molecule has 0 aromatic carbocycles. The van der Waals surface area contributed by atoms with Crippen LogP contribution in [0.25, 0.3) is 0 Å². The van der Waals surface area contributed by atoms with E-state index in [1.54, 1.807) is 0 Å². The van der Waals surface area contributed by atoms with Crippen molar-refractivity contribution < 1.29 is 9.90 Å². The van der Waals surface area contributed by atoms with Gasteiger partial charge in [0.15, 0.2) is 0 Å². The summed E-state index contributed by atoms with van der Waals surface area (Å²) in [5.41, 5.74) is -0.290. The first-order chi connectivity index (χ1) is 7.12. The molecule has 0 aliphatic heterocycles. The van der Waals surface area contributed by atoms with E-state index in [1.165, 1.54) is 12.4 Å². The largest absolute Gasteiger partial charge is 0.481 e. The molecule has 1 saturated carbocycles. The van der Waals surface area contributed by atoms with Crippen LogP contribution in [0.5, 0.6) is 0 Å². The molecule has 1 heterocycles. The van der Waals surface area contributed by atoms with Crippen molar-refractivity contribution in [3.63, 3.8) is 0 Å². The number of aromatic nitrogens is 1. The lowest BCUT2D eigenvalue weighted by molar-refractivity contribution is -0.140. The highest BCUT2D eigenvalue weighted by atomic mass is 35.5. The monoisotopic (exact) mass is 222 g/mol. The highest BCUT2D eigenvalue weighted by molar-refractivity contribution is 6.31. The molecular formula is C10H7ClN2O2. The van der Waals surface area contributed by atoms with Gasteiger partial charge < -0.3 is 5.11 Å². The highest BCUT2D eigenvalue weighted by Crippen LogP contribution is 2.51. The minimum absolute atomic E-state index is 0.252. The van der Waals surface area contributed by atoms with Crippen molar-refractivity contribution in [3.05, 3.63) is 28.5 Å². The highest BCUT2D eigenvalue weighted by Gasteiger charge is 2.54. The van der Waals surface area contributed by atoms with Crippen LogP contribution in [0.4, 0.5) is 0 Å². The molecule has 0 radical (unpaired) electrons. The predicted octanol–water partition coefficient (Wildman–Crippen LogP) is 1.72. The van der Waals surface area contributed by atoms with Crippen molar-refractivity contribution in [2.24, 2.45) is 0 Å². The quantitative estimate of drug-likeness (QED) is 0.827. The zero-order chi connectivity index (χ0) is 11.1. The average molecular weight is 223 g/mol. The molecule has 1 aromatic rings. The second-order valence-electron chi connectivity index (χ2n) is 3.54. The number of hydrogen-bond acceptors (Lipinski definition) is 3. The third kappa shape index (κ3) is 1.36. The molecule has 76 valence electrons. The van der Waals surface area contributed by atoms with E-state index in [1.807, 2.05) is 6.07 Å². The first-order valence-corrected chi connectivity index (χ1v) is 4.77. The lowest BCUT2D eigenvalue weighted by atomic mass is 9.93. The van der Waals surface area contributed by atoms with Crippen LogP contribution in [0.2, 0.25) is 5.02 Å². The van der Waals surface area contributed by atoms with Crippen LogP contribution < -0.4 is 0 Å². The van der Waals surface area contributed by atoms with Gasteiger partial charge in [0.1, 0.15) is 6.07 Å². The summed E-state index contributed by atoms with van der Waals surface area (Å²) in [4.78, 5) is 14.9. The number of carbonyl (C=O) groups is 1. The van der Waals surface area contributed by atoms with Gasteiger partial charge in [-0.15, -0.1) is 0 Å². The number of hydrogen-bond donors (Lipinski definition) is 1. The predicted molar refractivity (Wildman–Crippen MR) is 52.5 cm³/mol. The first kappa shape index (κ1) is 9.94. The third-order valence-corrected chi connectivity index (χ3v) is 2.94. The molecule has 0 amide bonds. The van der Waals surface area contributed by atoms with Crippen molar-refractivity contribution >= 4 is 17.6 Å². The van der Waals surface area contributed by atoms with Gasteiger partial charge in [-0.2, -0.15) is 5.26 Å². The van der Waals surface area contributed by atoms with Crippen LogP contribution in [0.15, 0.2) is 12.4 Å². The normalized spacial score (nSPS) is 16.8. The number of rotatable bonds is 2. The van der Waals surface area contributed by atoms with Crippen LogP contribution in [-0.4, -0.2) is 16.1 Å². The van der Waals surface area contributed by atoms with E-state index in [4.69, 9.17) is 22.0 Å². The minimum atomic E-state index is -0.953. The fourth-order valence-electron chi connectivity index (χ4n) is 1.70. The molecule has 1 N–H and O–H groups in total. The van der Waals surface area contributed by atoms with Crippen LogP contribution in [-0.2, 0) is 10.2 Å². The Kier molecular flexibility index (Phi) is 2.13. The SMILES string of the molecule is N#Cc1cncc(Cl)c1C1(C(=O)O)CC1. The van der Waals surface area contributed by atoms with Crippen molar-refractivity contribution in [2.45, 2.75) is 18.3 Å². The van der Waals surface area contributed by atoms with Gasteiger partial charge in [-0.1, -0.05) is 11.6 Å². The van der Waals surface area contributed by atoms with Gasteiger partial charge in [0.25, 0.3) is 0 Å². The summed E-state index contributed by atoms with van der Waals surface area (Å²) in [6, 6.07) is 1.93. The fraction of sp³-hybridized carbons (Fsp3) is 0.300. The topological polar surface area (TPSA) is 74.0 Å². The summed E-state index contributed by atoms with van der Waals surface area (Å²) >= 11 is 5.90. The van der Waals surface area contributed by atoms with Gasteiger partial charge in [-0.25, -0.2) is 0 Å². The molecule has 0 spiro atoms. The summed E-state index contributed by atoms with van der Waals surface area (Å²) < 4.78 is 0. The van der Waals surface area contributed by atoms with E-state index in [0.717, 1.165) is 0 Å². The zero-order valence-corrected chi connectivity index (χ0v) is 8.45. The first-order valence-electron chi connectivity index (χ1n) is 4.39. The van der Waals surface area contributed by atoms with Gasteiger partial charge >= 0.3 is 5.97 Å². The van der Waals surface area contributed by atoms with Crippen LogP contribution in [0.1, 0.15) is 24.0 Å². The minimum Gasteiger partial charge on any atom is -0.481 e. The number of pyridine rings is 1. The summed E-state index contributed by atoms with van der Waals surface area (Å²) in [5.74, 6) is -0.924. The number of carboxylic acid groups (broad SMARTS) is 1. The molecular weight excluding hydrogens is 216 g/mol. The van der Waals surface area contributed by atoms with Crippen LogP contribution in [0.3, 0.4) is 0 Å². The molecule has 0 unspecified atom stereocenters. The Hall–Kier alpha value is -1.60. The molecule has 15 heavy (non-hydrogen) atoms. The molecule has 0 saturated heterocycles. The van der Waals surface area contributed by atoms with Gasteiger partial charge in [0, 0.05) is 18.0 Å². The van der Waals surface area contributed by atoms with E-state index in [2.05, 4.69) is 4.98 Å². The Balaban J connectivity index is 2.63. The molecule has 1 aromatic heterocycles. The standard InChI is InChI=1S/C10H7ClN2O2/c11-7-5-13-4-6(3-12)8(7)10(1-2-10)9(14)15/h4-5H,1-2H2,(H,14,15). The molecule has 0 bridgehead atoms. The molecule has 0 atom stereocenters. The zero-order valence-electron chi connectivity index (χ0n) is 7.70. The van der Waals surface area contributed by atoms with Gasteiger partial charge in [0.2, 0.25) is 0 Å². The van der Waals surface area contributed by atoms with Crippen LogP contribution >= 0.6 is 11.6 Å². The van der Waals surface area contributed by atoms with Gasteiger partial charge in [-0.05, 0) is 12.8 Å². The maximum absolute atomic E-state index is 11.1. The van der Waals surface area contributed by atoms with E-state index in [9.17, 15) is 4.79 Å². The van der Waals surface area contributed by atoms with Crippen molar-refractivity contribution in [3.8, 4) is 6.07 Å².